The van der Waals surface area contributed by atoms with Crippen molar-refractivity contribution in [1.82, 2.24) is 4.72 Å². The van der Waals surface area contributed by atoms with Crippen LogP contribution >= 0.6 is 0 Å². The number of sulfonamides is 1. The normalized spacial score (nSPS) is 20.1. The second-order valence-electron chi connectivity index (χ2n) is 5.21. The van der Waals surface area contributed by atoms with E-state index in [4.69, 9.17) is 5.73 Å². The van der Waals surface area contributed by atoms with Crippen molar-refractivity contribution in [3.63, 3.8) is 0 Å². The van der Waals surface area contributed by atoms with Crippen LogP contribution in [-0.4, -0.2) is 34.1 Å². The standard InChI is InChI=1S/C14H23N3O2S/c1-2-9-16-20(18,19)14-8-4-3-7-13(14)17-10-5-6-12(15)11-17/h3-4,7-8,12,16H,2,5-6,9-11,15H2,1H3/t12-/m1/s1. The van der Waals surface area contributed by atoms with Gasteiger partial charge >= 0.3 is 0 Å². The fraction of sp³-hybridized carbons (Fsp3) is 0.571. The lowest BCUT2D eigenvalue weighted by Gasteiger charge is -2.33. The van der Waals surface area contributed by atoms with Gasteiger partial charge in [-0.05, 0) is 31.4 Å². The Morgan fingerprint density at radius 1 is 1.40 bits per heavy atom. The highest BCUT2D eigenvalue weighted by molar-refractivity contribution is 7.89. The summed E-state index contributed by atoms with van der Waals surface area (Å²) in [5.41, 5.74) is 6.75. The van der Waals surface area contributed by atoms with E-state index in [0.717, 1.165) is 31.5 Å². The number of nitrogens with two attached hydrogens (primary N) is 1. The van der Waals surface area contributed by atoms with Crippen LogP contribution in [-0.2, 0) is 10.0 Å². The van der Waals surface area contributed by atoms with Crippen LogP contribution < -0.4 is 15.4 Å². The first-order valence-corrected chi connectivity index (χ1v) is 8.62. The largest absolute Gasteiger partial charge is 0.369 e. The third kappa shape index (κ3) is 3.50. The highest BCUT2D eigenvalue weighted by Gasteiger charge is 2.24. The summed E-state index contributed by atoms with van der Waals surface area (Å²) in [6.07, 6.45) is 2.77. The molecule has 5 nitrogen and oxygen atoms in total. The van der Waals surface area contributed by atoms with Crippen LogP contribution in [0.1, 0.15) is 26.2 Å². The minimum absolute atomic E-state index is 0.114. The topological polar surface area (TPSA) is 75.4 Å². The lowest BCUT2D eigenvalue weighted by atomic mass is 10.1. The van der Waals surface area contributed by atoms with E-state index in [9.17, 15) is 8.42 Å². The van der Waals surface area contributed by atoms with Gasteiger partial charge in [-0.1, -0.05) is 19.1 Å². The van der Waals surface area contributed by atoms with E-state index in [2.05, 4.69) is 9.62 Å². The van der Waals surface area contributed by atoms with Gasteiger partial charge in [-0.2, -0.15) is 0 Å². The molecule has 0 amide bonds. The molecule has 1 aromatic rings. The van der Waals surface area contributed by atoms with E-state index in [1.165, 1.54) is 0 Å². The molecule has 0 aliphatic carbocycles. The molecule has 0 saturated carbocycles. The van der Waals surface area contributed by atoms with Crippen LogP contribution in [0, 0.1) is 0 Å². The van der Waals surface area contributed by atoms with Crippen LogP contribution in [0.15, 0.2) is 29.2 Å². The Morgan fingerprint density at radius 2 is 2.15 bits per heavy atom. The Morgan fingerprint density at radius 3 is 2.85 bits per heavy atom. The lowest BCUT2D eigenvalue weighted by Crippen LogP contribution is -2.43. The minimum atomic E-state index is -3.45. The summed E-state index contributed by atoms with van der Waals surface area (Å²) >= 11 is 0. The molecule has 2 rings (SSSR count). The molecular formula is C14H23N3O2S. The molecule has 112 valence electrons. The van der Waals surface area contributed by atoms with Crippen LogP contribution in [0.2, 0.25) is 0 Å². The van der Waals surface area contributed by atoms with Crippen molar-refractivity contribution in [2.24, 2.45) is 5.73 Å². The van der Waals surface area contributed by atoms with Gasteiger partial charge < -0.3 is 10.6 Å². The van der Waals surface area contributed by atoms with Gasteiger partial charge in [-0.3, -0.25) is 0 Å². The molecule has 0 radical (unpaired) electrons. The highest BCUT2D eigenvalue weighted by atomic mass is 32.2. The van der Waals surface area contributed by atoms with Crippen LogP contribution in [0.5, 0.6) is 0 Å². The summed E-state index contributed by atoms with van der Waals surface area (Å²) < 4.78 is 27.4. The first-order chi connectivity index (χ1) is 9.54. The van der Waals surface area contributed by atoms with Gasteiger partial charge in [0.1, 0.15) is 4.90 Å². The number of nitrogens with one attached hydrogen (secondary N) is 1. The molecule has 1 heterocycles. The van der Waals surface area contributed by atoms with Crippen molar-refractivity contribution in [3.05, 3.63) is 24.3 Å². The summed E-state index contributed by atoms with van der Waals surface area (Å²) in [5.74, 6) is 0. The van der Waals surface area contributed by atoms with E-state index >= 15 is 0 Å². The molecule has 1 aliphatic rings. The number of rotatable bonds is 5. The zero-order valence-electron chi connectivity index (χ0n) is 11.9. The monoisotopic (exact) mass is 297 g/mol. The zero-order chi connectivity index (χ0) is 14.6. The smallest absolute Gasteiger partial charge is 0.242 e. The third-order valence-electron chi connectivity index (χ3n) is 3.50. The third-order valence-corrected chi connectivity index (χ3v) is 5.00. The van der Waals surface area contributed by atoms with Crippen molar-refractivity contribution in [3.8, 4) is 0 Å². The maximum Gasteiger partial charge on any atom is 0.242 e. The number of anilines is 1. The molecule has 1 fully saturated rings. The number of hydrogen-bond donors (Lipinski definition) is 2. The number of nitrogens with zero attached hydrogens (tertiary/aromatic N) is 1. The molecule has 0 aromatic heterocycles. The molecule has 1 aliphatic heterocycles. The van der Waals surface area contributed by atoms with E-state index in [-0.39, 0.29) is 6.04 Å². The molecule has 1 aromatic carbocycles. The van der Waals surface area contributed by atoms with Crippen molar-refractivity contribution >= 4 is 15.7 Å². The van der Waals surface area contributed by atoms with Crippen LogP contribution in [0.25, 0.3) is 0 Å². The molecule has 0 unspecified atom stereocenters. The SMILES string of the molecule is CCCNS(=O)(=O)c1ccccc1N1CCC[C@@H](N)C1. The predicted octanol–water partition coefficient (Wildman–Crippen LogP) is 1.30. The van der Waals surface area contributed by atoms with Crippen molar-refractivity contribution in [2.45, 2.75) is 37.1 Å². The molecular weight excluding hydrogens is 274 g/mol. The fourth-order valence-electron chi connectivity index (χ4n) is 2.49. The van der Waals surface area contributed by atoms with Gasteiger partial charge in [0.2, 0.25) is 10.0 Å². The second-order valence-corrected chi connectivity index (χ2v) is 6.95. The van der Waals surface area contributed by atoms with Gasteiger partial charge in [-0.15, -0.1) is 0 Å². The number of hydrogen-bond acceptors (Lipinski definition) is 4. The Kier molecular flexibility index (Phi) is 5.01. The summed E-state index contributed by atoms with van der Waals surface area (Å²) in [6, 6.07) is 7.26. The average molecular weight is 297 g/mol. The quantitative estimate of drug-likeness (QED) is 0.859. The summed E-state index contributed by atoms with van der Waals surface area (Å²) in [5, 5.41) is 0. The summed E-state index contributed by atoms with van der Waals surface area (Å²) in [6.45, 7) is 3.96. The number of piperidine rings is 1. The molecule has 1 atom stereocenters. The Balaban J connectivity index is 2.30. The van der Waals surface area contributed by atoms with Crippen molar-refractivity contribution in [2.75, 3.05) is 24.5 Å². The van der Waals surface area contributed by atoms with Crippen LogP contribution in [0.4, 0.5) is 5.69 Å². The number of benzene rings is 1. The minimum Gasteiger partial charge on any atom is -0.369 e. The highest BCUT2D eigenvalue weighted by Crippen LogP contribution is 2.27. The van der Waals surface area contributed by atoms with E-state index in [1.807, 2.05) is 19.1 Å². The Labute approximate surface area is 121 Å². The van der Waals surface area contributed by atoms with Crippen LogP contribution in [0.3, 0.4) is 0 Å². The maximum absolute atomic E-state index is 12.4. The molecule has 0 spiro atoms. The Hall–Kier alpha value is -1.11. The molecule has 0 bridgehead atoms. The van der Waals surface area contributed by atoms with Gasteiger partial charge in [0.15, 0.2) is 0 Å². The first kappa shape index (κ1) is 15.3. The van der Waals surface area contributed by atoms with E-state index in [0.29, 0.717) is 18.0 Å². The second kappa shape index (κ2) is 6.56. The predicted molar refractivity (Wildman–Crippen MR) is 81.3 cm³/mol. The molecule has 6 heteroatoms. The lowest BCUT2D eigenvalue weighted by molar-refractivity contribution is 0.503. The molecule has 20 heavy (non-hydrogen) atoms. The average Bonchev–Trinajstić information content (AvgIpc) is 2.45. The first-order valence-electron chi connectivity index (χ1n) is 7.14. The van der Waals surface area contributed by atoms with Gasteiger partial charge in [0.25, 0.3) is 0 Å². The molecule has 1 saturated heterocycles. The molecule has 3 N–H and O–H groups in total. The van der Waals surface area contributed by atoms with Crippen molar-refractivity contribution in [1.29, 1.82) is 0 Å². The van der Waals surface area contributed by atoms with Gasteiger partial charge in [0.05, 0.1) is 5.69 Å². The van der Waals surface area contributed by atoms with E-state index in [1.54, 1.807) is 12.1 Å². The van der Waals surface area contributed by atoms with Gasteiger partial charge in [-0.25, -0.2) is 13.1 Å². The zero-order valence-corrected chi connectivity index (χ0v) is 12.7. The maximum atomic E-state index is 12.4. The van der Waals surface area contributed by atoms with Crippen molar-refractivity contribution < 1.29 is 8.42 Å². The Bertz CT molecular complexity index is 545. The van der Waals surface area contributed by atoms with Gasteiger partial charge in [0, 0.05) is 25.7 Å². The fourth-order valence-corrected chi connectivity index (χ4v) is 3.85. The summed E-state index contributed by atoms with van der Waals surface area (Å²) in [7, 11) is -3.45. The van der Waals surface area contributed by atoms with E-state index < -0.39 is 10.0 Å². The number of para-hydroxylation sites is 1. The summed E-state index contributed by atoms with van der Waals surface area (Å²) in [4.78, 5) is 2.43.